The molecule has 4 heterocycles. The van der Waals surface area contributed by atoms with Crippen molar-refractivity contribution in [1.29, 1.82) is 0 Å². The molecule has 0 saturated carbocycles. The van der Waals surface area contributed by atoms with E-state index in [0.29, 0.717) is 42.5 Å². The molecular formula is C17H19F2N7O3S. The van der Waals surface area contributed by atoms with Gasteiger partial charge in [0.2, 0.25) is 10.0 Å². The van der Waals surface area contributed by atoms with Crippen LogP contribution in [-0.4, -0.2) is 71.6 Å². The third-order valence-corrected chi connectivity index (χ3v) is 5.25. The molecule has 160 valence electrons. The molecule has 0 radical (unpaired) electrons. The second-order valence-corrected chi connectivity index (χ2v) is 8.63. The first-order valence-electron chi connectivity index (χ1n) is 9.06. The lowest BCUT2D eigenvalue weighted by molar-refractivity contribution is 0.0440. The summed E-state index contributed by atoms with van der Waals surface area (Å²) in [6.45, 7) is 1.55. The number of sulfonamides is 1. The van der Waals surface area contributed by atoms with Gasteiger partial charge in [0.25, 0.3) is 6.43 Å². The fourth-order valence-electron chi connectivity index (χ4n) is 3.13. The van der Waals surface area contributed by atoms with Crippen molar-refractivity contribution >= 4 is 21.5 Å². The van der Waals surface area contributed by atoms with Crippen molar-refractivity contribution < 1.29 is 21.9 Å². The molecule has 3 aromatic rings. The Morgan fingerprint density at radius 2 is 2.13 bits per heavy atom. The van der Waals surface area contributed by atoms with Crippen LogP contribution >= 0.6 is 0 Å². The van der Waals surface area contributed by atoms with Gasteiger partial charge in [0, 0.05) is 25.7 Å². The quantitative estimate of drug-likeness (QED) is 0.602. The fraction of sp³-hybridized carbons (Fsp3) is 0.412. The monoisotopic (exact) mass is 439 g/mol. The smallest absolute Gasteiger partial charge is 0.282 e. The van der Waals surface area contributed by atoms with E-state index in [1.54, 1.807) is 6.07 Å². The maximum Gasteiger partial charge on any atom is 0.282 e. The van der Waals surface area contributed by atoms with Gasteiger partial charge in [0.1, 0.15) is 23.5 Å². The molecular weight excluding hydrogens is 420 g/mol. The Labute approximate surface area is 171 Å². The van der Waals surface area contributed by atoms with E-state index in [0.717, 1.165) is 6.26 Å². The zero-order valence-corrected chi connectivity index (χ0v) is 16.8. The average Bonchev–Trinajstić information content (AvgIpc) is 3.15. The van der Waals surface area contributed by atoms with Gasteiger partial charge in [-0.25, -0.2) is 41.4 Å². The van der Waals surface area contributed by atoms with Crippen molar-refractivity contribution in [3.05, 3.63) is 36.4 Å². The second kappa shape index (κ2) is 8.16. The Morgan fingerprint density at radius 3 is 2.90 bits per heavy atom. The van der Waals surface area contributed by atoms with E-state index >= 15 is 0 Å². The maximum absolute atomic E-state index is 13.0. The lowest BCUT2D eigenvalue weighted by atomic mass is 10.2. The van der Waals surface area contributed by atoms with Gasteiger partial charge in [-0.2, -0.15) is 5.10 Å². The number of aromatic nitrogens is 5. The summed E-state index contributed by atoms with van der Waals surface area (Å²) < 4.78 is 58.1. The first-order valence-corrected chi connectivity index (χ1v) is 11.0. The number of nitrogens with one attached hydrogen (secondary N) is 1. The van der Waals surface area contributed by atoms with Crippen LogP contribution in [0.4, 0.5) is 14.6 Å². The number of alkyl halides is 2. The highest BCUT2D eigenvalue weighted by molar-refractivity contribution is 7.88. The van der Waals surface area contributed by atoms with E-state index in [1.165, 1.54) is 29.2 Å². The molecule has 4 rings (SSSR count). The predicted octanol–water partition coefficient (Wildman–Crippen LogP) is 0.878. The number of fused-ring (bicyclic) bond motifs is 1. The molecule has 0 bridgehead atoms. The molecule has 0 aliphatic carbocycles. The molecule has 0 spiro atoms. The van der Waals surface area contributed by atoms with E-state index in [4.69, 9.17) is 4.74 Å². The molecule has 30 heavy (non-hydrogen) atoms. The van der Waals surface area contributed by atoms with Crippen LogP contribution in [0, 0.1) is 0 Å². The number of ether oxygens (including phenoxy) is 1. The van der Waals surface area contributed by atoms with E-state index in [9.17, 15) is 17.2 Å². The molecule has 0 aromatic carbocycles. The minimum absolute atomic E-state index is 0.154. The zero-order valence-electron chi connectivity index (χ0n) is 15.9. The maximum atomic E-state index is 13.0. The van der Waals surface area contributed by atoms with Gasteiger partial charge in [0.05, 0.1) is 30.9 Å². The Hall–Kier alpha value is -2.77. The molecule has 1 aliphatic rings. The number of halogens is 2. The summed E-state index contributed by atoms with van der Waals surface area (Å²) in [5.41, 5.74) is 1.00. The van der Waals surface area contributed by atoms with Gasteiger partial charge >= 0.3 is 0 Å². The molecule has 3 aromatic heterocycles. The van der Waals surface area contributed by atoms with Crippen LogP contribution in [0.25, 0.3) is 17.0 Å². The van der Waals surface area contributed by atoms with Crippen LogP contribution in [0.2, 0.25) is 0 Å². The van der Waals surface area contributed by atoms with Gasteiger partial charge in [-0.05, 0) is 12.1 Å². The molecule has 13 heteroatoms. The molecule has 0 amide bonds. The zero-order chi connectivity index (χ0) is 21.3. The highest BCUT2D eigenvalue weighted by atomic mass is 32.2. The fourth-order valence-corrected chi connectivity index (χ4v) is 3.62. The Kier molecular flexibility index (Phi) is 5.58. The van der Waals surface area contributed by atoms with Gasteiger partial charge in [0.15, 0.2) is 5.65 Å². The third kappa shape index (κ3) is 4.52. The summed E-state index contributed by atoms with van der Waals surface area (Å²) in [5, 5.41) is 3.96. The van der Waals surface area contributed by atoms with Crippen LogP contribution in [0.3, 0.4) is 0 Å². The molecule has 1 unspecified atom stereocenters. The van der Waals surface area contributed by atoms with Crippen LogP contribution in [0.5, 0.6) is 0 Å². The summed E-state index contributed by atoms with van der Waals surface area (Å²) in [4.78, 5) is 14.7. The van der Waals surface area contributed by atoms with Crippen LogP contribution in [0.1, 0.15) is 12.1 Å². The van der Waals surface area contributed by atoms with Crippen molar-refractivity contribution in [1.82, 2.24) is 29.3 Å². The molecule has 1 atom stereocenters. The van der Waals surface area contributed by atoms with Crippen molar-refractivity contribution in [2.24, 2.45) is 0 Å². The first-order chi connectivity index (χ1) is 14.3. The number of nitrogens with zero attached hydrogens (tertiary/aromatic N) is 6. The van der Waals surface area contributed by atoms with Gasteiger partial charge in [-0.1, -0.05) is 0 Å². The van der Waals surface area contributed by atoms with Crippen molar-refractivity contribution in [3.63, 3.8) is 0 Å². The number of hydrogen-bond donors (Lipinski definition) is 1. The lowest BCUT2D eigenvalue weighted by Crippen LogP contribution is -2.47. The minimum atomic E-state index is -3.32. The Morgan fingerprint density at radius 1 is 1.30 bits per heavy atom. The van der Waals surface area contributed by atoms with Crippen LogP contribution in [-0.2, 0) is 14.8 Å². The van der Waals surface area contributed by atoms with Crippen molar-refractivity contribution in [2.45, 2.75) is 12.5 Å². The summed E-state index contributed by atoms with van der Waals surface area (Å²) in [6.07, 6.45) is 0.949. The lowest BCUT2D eigenvalue weighted by Gasteiger charge is -2.33. The number of anilines is 1. The van der Waals surface area contributed by atoms with Crippen molar-refractivity contribution in [3.8, 4) is 11.4 Å². The highest BCUT2D eigenvalue weighted by Gasteiger charge is 2.23. The largest absolute Gasteiger partial charge is 0.373 e. The Bertz CT molecular complexity index is 1160. The summed E-state index contributed by atoms with van der Waals surface area (Å²) in [7, 11) is -3.32. The first kappa shape index (κ1) is 20.5. The van der Waals surface area contributed by atoms with Crippen molar-refractivity contribution in [2.75, 3.05) is 37.4 Å². The predicted molar refractivity (Wildman–Crippen MR) is 104 cm³/mol. The van der Waals surface area contributed by atoms with Crippen LogP contribution < -0.4 is 9.62 Å². The molecule has 10 nitrogen and oxygen atoms in total. The minimum Gasteiger partial charge on any atom is -0.373 e. The van der Waals surface area contributed by atoms with Gasteiger partial charge in [-0.3, -0.25) is 0 Å². The number of rotatable bonds is 6. The van der Waals surface area contributed by atoms with E-state index in [-0.39, 0.29) is 18.3 Å². The summed E-state index contributed by atoms with van der Waals surface area (Å²) in [6, 6.07) is 4.43. The summed E-state index contributed by atoms with van der Waals surface area (Å²) >= 11 is 0. The highest BCUT2D eigenvalue weighted by Crippen LogP contribution is 2.24. The third-order valence-electron chi connectivity index (χ3n) is 4.56. The SMILES string of the molecule is CS(=O)(=O)NCC1CN(c2cc(-c3cnc4ccc(C(F)F)nn34)ncn2)CCO1. The molecule has 1 N–H and O–H groups in total. The Balaban J connectivity index is 1.59. The standard InChI is InChI=1S/C17H19F2N7O3S/c1-30(27,28)23-7-11-9-25(4-5-29-11)16-6-13(21-10-22-16)14-8-20-15-3-2-12(17(18)19)24-26(14)15/h2-3,6,8,10-11,17,23H,4-5,7,9H2,1H3. The molecule has 1 aliphatic heterocycles. The van der Waals surface area contributed by atoms with E-state index in [2.05, 4.69) is 24.8 Å². The molecule has 1 saturated heterocycles. The van der Waals surface area contributed by atoms with E-state index in [1.807, 2.05) is 4.90 Å². The normalized spacial score (nSPS) is 17.7. The van der Waals surface area contributed by atoms with Crippen LogP contribution in [0.15, 0.2) is 30.7 Å². The number of morpholine rings is 1. The number of hydrogen-bond acceptors (Lipinski definition) is 8. The number of imidazole rings is 1. The second-order valence-electron chi connectivity index (χ2n) is 6.79. The summed E-state index contributed by atoms with van der Waals surface area (Å²) in [5.74, 6) is 0.604. The topological polar surface area (TPSA) is 115 Å². The average molecular weight is 439 g/mol. The van der Waals surface area contributed by atoms with E-state index < -0.39 is 16.4 Å². The van der Waals surface area contributed by atoms with Gasteiger partial charge < -0.3 is 9.64 Å². The van der Waals surface area contributed by atoms with Gasteiger partial charge in [-0.15, -0.1) is 0 Å². The molecule has 1 fully saturated rings.